The van der Waals surface area contributed by atoms with Gasteiger partial charge >= 0.3 is 0 Å². The average Bonchev–Trinajstić information content (AvgIpc) is 2.26. The Morgan fingerprint density at radius 1 is 1.53 bits per heavy atom. The lowest BCUT2D eigenvalue weighted by Gasteiger charge is -2.13. The molecule has 0 saturated heterocycles. The Kier molecular flexibility index (Phi) is 4.90. The van der Waals surface area contributed by atoms with E-state index in [0.29, 0.717) is 17.7 Å². The predicted octanol–water partition coefficient (Wildman–Crippen LogP) is 0.411. The average molecular weight is 237 g/mol. The molecule has 0 unspecified atom stereocenters. The maximum absolute atomic E-state index is 11.8. The molecule has 1 aromatic heterocycles. The normalized spacial score (nSPS) is 12.2. The minimum Gasteiger partial charge on any atom is -0.350 e. The largest absolute Gasteiger partial charge is 0.350 e. The number of hydrogen-bond donors (Lipinski definition) is 3. The Bertz CT molecular complexity index is 440. The Labute approximate surface area is 101 Å². The zero-order valence-corrected chi connectivity index (χ0v) is 10.5. The van der Waals surface area contributed by atoms with Crippen molar-refractivity contribution in [3.05, 3.63) is 33.7 Å². The van der Waals surface area contributed by atoms with E-state index in [4.69, 9.17) is 0 Å². The van der Waals surface area contributed by atoms with Crippen LogP contribution in [-0.2, 0) is 0 Å². The number of pyridine rings is 1. The van der Waals surface area contributed by atoms with Crippen LogP contribution in [0.1, 0.15) is 29.8 Å². The van der Waals surface area contributed by atoms with Crippen molar-refractivity contribution < 1.29 is 4.79 Å². The molecule has 0 aliphatic carbocycles. The van der Waals surface area contributed by atoms with Gasteiger partial charge in [-0.1, -0.05) is 6.92 Å². The Morgan fingerprint density at radius 2 is 2.24 bits per heavy atom. The molecule has 1 heterocycles. The highest BCUT2D eigenvalue weighted by molar-refractivity contribution is 5.95. The summed E-state index contributed by atoms with van der Waals surface area (Å²) in [5, 5.41) is 6.02. The topological polar surface area (TPSA) is 74.0 Å². The molecule has 0 aliphatic rings. The number of likely N-dealkylation sites (N-methyl/N-ethyl adjacent to an activating group) is 1. The quantitative estimate of drug-likeness (QED) is 0.694. The second-order valence-electron chi connectivity index (χ2n) is 4.06. The second-order valence-corrected chi connectivity index (χ2v) is 4.06. The number of aromatic nitrogens is 1. The van der Waals surface area contributed by atoms with Crippen LogP contribution in [0.3, 0.4) is 0 Å². The zero-order chi connectivity index (χ0) is 12.8. The van der Waals surface area contributed by atoms with Crippen molar-refractivity contribution in [2.45, 2.75) is 26.8 Å². The van der Waals surface area contributed by atoms with Gasteiger partial charge in [0.25, 0.3) is 5.91 Å². The summed E-state index contributed by atoms with van der Waals surface area (Å²) in [7, 11) is 0. The monoisotopic (exact) mass is 237 g/mol. The minimum atomic E-state index is -0.194. The molecule has 1 amide bonds. The SMILES string of the molecule is CCN[C@H](C)CNC(=O)c1c[nH]c(=O)cc1C. The first-order valence-corrected chi connectivity index (χ1v) is 5.75. The number of H-pyrrole nitrogens is 1. The van der Waals surface area contributed by atoms with Gasteiger partial charge in [-0.25, -0.2) is 0 Å². The fourth-order valence-electron chi connectivity index (χ4n) is 1.58. The van der Waals surface area contributed by atoms with Gasteiger partial charge in [-0.05, 0) is 26.0 Å². The Hall–Kier alpha value is -1.62. The van der Waals surface area contributed by atoms with Gasteiger partial charge in [0.1, 0.15) is 0 Å². The highest BCUT2D eigenvalue weighted by Crippen LogP contribution is 2.02. The fourth-order valence-corrected chi connectivity index (χ4v) is 1.58. The van der Waals surface area contributed by atoms with Crippen LogP contribution in [0.15, 0.2) is 17.1 Å². The number of aryl methyl sites for hydroxylation is 1. The fraction of sp³-hybridized carbons (Fsp3) is 0.500. The molecule has 1 atom stereocenters. The molecule has 0 bridgehead atoms. The molecule has 3 N–H and O–H groups in total. The molecule has 1 rings (SSSR count). The third-order valence-electron chi connectivity index (χ3n) is 2.50. The van der Waals surface area contributed by atoms with Gasteiger partial charge in [-0.15, -0.1) is 0 Å². The standard InChI is InChI=1S/C12H19N3O2/c1-4-13-9(3)6-15-12(17)10-7-14-11(16)5-8(10)2/h5,7,9,13H,4,6H2,1-3H3,(H,14,16)(H,15,17)/t9-/m1/s1. The van der Waals surface area contributed by atoms with Crippen molar-refractivity contribution in [3.8, 4) is 0 Å². The summed E-state index contributed by atoms with van der Waals surface area (Å²) in [5.41, 5.74) is 0.996. The van der Waals surface area contributed by atoms with Crippen LogP contribution in [-0.4, -0.2) is 30.0 Å². The third-order valence-corrected chi connectivity index (χ3v) is 2.50. The summed E-state index contributed by atoms with van der Waals surface area (Å²) >= 11 is 0. The molecule has 0 fully saturated rings. The first-order valence-electron chi connectivity index (χ1n) is 5.75. The number of hydrogen-bond acceptors (Lipinski definition) is 3. The summed E-state index contributed by atoms with van der Waals surface area (Å²) in [6.45, 7) is 7.20. The van der Waals surface area contributed by atoms with Crippen LogP contribution >= 0.6 is 0 Å². The van der Waals surface area contributed by atoms with Crippen molar-refractivity contribution in [2.24, 2.45) is 0 Å². The van der Waals surface area contributed by atoms with Gasteiger partial charge in [0.2, 0.25) is 5.56 Å². The van der Waals surface area contributed by atoms with Crippen molar-refractivity contribution >= 4 is 5.91 Å². The first-order chi connectivity index (χ1) is 8.04. The molecule has 1 aromatic rings. The number of carbonyl (C=O) groups is 1. The van der Waals surface area contributed by atoms with Crippen molar-refractivity contribution in [3.63, 3.8) is 0 Å². The number of rotatable bonds is 5. The van der Waals surface area contributed by atoms with Crippen LogP contribution in [0.25, 0.3) is 0 Å². The molecule has 17 heavy (non-hydrogen) atoms. The summed E-state index contributed by atoms with van der Waals surface area (Å²) in [5.74, 6) is -0.163. The summed E-state index contributed by atoms with van der Waals surface area (Å²) < 4.78 is 0. The van der Waals surface area contributed by atoms with Crippen LogP contribution in [0, 0.1) is 6.92 Å². The van der Waals surface area contributed by atoms with E-state index in [9.17, 15) is 9.59 Å². The van der Waals surface area contributed by atoms with Crippen LogP contribution in [0.4, 0.5) is 0 Å². The van der Waals surface area contributed by atoms with Gasteiger partial charge in [0, 0.05) is 24.8 Å². The van der Waals surface area contributed by atoms with Crippen LogP contribution in [0.2, 0.25) is 0 Å². The third kappa shape index (κ3) is 4.03. The number of aromatic amines is 1. The number of nitrogens with one attached hydrogen (secondary N) is 3. The molecule has 0 aromatic carbocycles. The molecule has 5 heteroatoms. The van der Waals surface area contributed by atoms with E-state index in [-0.39, 0.29) is 17.5 Å². The smallest absolute Gasteiger partial charge is 0.253 e. The Balaban J connectivity index is 2.61. The summed E-state index contributed by atoms with van der Waals surface area (Å²) in [4.78, 5) is 25.3. The predicted molar refractivity (Wildman–Crippen MR) is 67.3 cm³/mol. The van der Waals surface area contributed by atoms with Gasteiger partial charge in [0.15, 0.2) is 0 Å². The van der Waals surface area contributed by atoms with Gasteiger partial charge in [-0.3, -0.25) is 9.59 Å². The van der Waals surface area contributed by atoms with E-state index in [0.717, 1.165) is 6.54 Å². The van der Waals surface area contributed by atoms with Gasteiger partial charge in [0.05, 0.1) is 5.56 Å². The van der Waals surface area contributed by atoms with E-state index in [1.54, 1.807) is 6.92 Å². The molecular weight excluding hydrogens is 218 g/mol. The van der Waals surface area contributed by atoms with Crippen LogP contribution < -0.4 is 16.2 Å². The lowest BCUT2D eigenvalue weighted by molar-refractivity contribution is 0.0949. The summed E-state index contributed by atoms with van der Waals surface area (Å²) in [6, 6.07) is 1.65. The van der Waals surface area contributed by atoms with Gasteiger partial charge in [-0.2, -0.15) is 0 Å². The molecule has 0 radical (unpaired) electrons. The molecule has 0 saturated carbocycles. The minimum absolute atomic E-state index is 0.163. The van der Waals surface area contributed by atoms with Crippen LogP contribution in [0.5, 0.6) is 0 Å². The molecule has 5 nitrogen and oxygen atoms in total. The first kappa shape index (κ1) is 13.4. The highest BCUT2D eigenvalue weighted by atomic mass is 16.1. The lowest BCUT2D eigenvalue weighted by Crippen LogP contribution is -2.39. The van der Waals surface area contributed by atoms with Gasteiger partial charge < -0.3 is 15.6 Å². The molecule has 0 aliphatic heterocycles. The second kappa shape index (κ2) is 6.20. The molecule has 94 valence electrons. The van der Waals surface area contributed by atoms with Crippen molar-refractivity contribution in [2.75, 3.05) is 13.1 Å². The number of carbonyl (C=O) groups excluding carboxylic acids is 1. The summed E-state index contributed by atoms with van der Waals surface area (Å²) in [6.07, 6.45) is 1.45. The van der Waals surface area contributed by atoms with E-state index in [1.807, 2.05) is 13.8 Å². The van der Waals surface area contributed by atoms with E-state index in [1.165, 1.54) is 12.3 Å². The van der Waals surface area contributed by atoms with E-state index >= 15 is 0 Å². The van der Waals surface area contributed by atoms with E-state index in [2.05, 4.69) is 15.6 Å². The van der Waals surface area contributed by atoms with Crippen molar-refractivity contribution in [1.29, 1.82) is 0 Å². The number of amides is 1. The molecule has 0 spiro atoms. The van der Waals surface area contributed by atoms with E-state index < -0.39 is 0 Å². The maximum atomic E-state index is 11.8. The zero-order valence-electron chi connectivity index (χ0n) is 10.5. The maximum Gasteiger partial charge on any atom is 0.253 e. The Morgan fingerprint density at radius 3 is 2.82 bits per heavy atom. The van der Waals surface area contributed by atoms with Crippen molar-refractivity contribution in [1.82, 2.24) is 15.6 Å². The molecular formula is C12H19N3O2. The lowest BCUT2D eigenvalue weighted by atomic mass is 10.1. The highest BCUT2D eigenvalue weighted by Gasteiger charge is 2.10.